The molecule has 0 fully saturated rings. The molecule has 0 aromatic heterocycles. The Kier molecular flexibility index (Phi) is 5.92. The van der Waals surface area contributed by atoms with Gasteiger partial charge in [0, 0.05) is 10.9 Å². The van der Waals surface area contributed by atoms with E-state index in [-0.39, 0.29) is 10.8 Å². The second kappa shape index (κ2) is 7.72. The molecular formula is C16H17BrN2O3S. The van der Waals surface area contributed by atoms with Crippen LogP contribution in [0.3, 0.4) is 0 Å². The first-order valence-electron chi connectivity index (χ1n) is 6.99. The van der Waals surface area contributed by atoms with E-state index in [0.29, 0.717) is 12.8 Å². The summed E-state index contributed by atoms with van der Waals surface area (Å²) in [7, 11) is -2.06. The minimum absolute atomic E-state index is 0.0937. The molecule has 1 amide bonds. The van der Waals surface area contributed by atoms with Crippen LogP contribution < -0.4 is 10.0 Å². The van der Waals surface area contributed by atoms with Gasteiger partial charge in [0.2, 0.25) is 15.9 Å². The number of carbonyl (C=O) groups is 1. The third-order valence-corrected chi connectivity index (χ3v) is 5.41. The number of rotatable bonds is 6. The number of carbonyl (C=O) groups excluding carboxylic acids is 1. The van der Waals surface area contributed by atoms with E-state index in [2.05, 4.69) is 26.0 Å². The van der Waals surface area contributed by atoms with Gasteiger partial charge in [-0.1, -0.05) is 24.3 Å². The second-order valence-corrected chi connectivity index (χ2v) is 7.62. The van der Waals surface area contributed by atoms with Crippen molar-refractivity contribution in [2.45, 2.75) is 17.7 Å². The highest BCUT2D eigenvalue weighted by molar-refractivity contribution is 9.10. The van der Waals surface area contributed by atoms with Crippen molar-refractivity contribution in [3.8, 4) is 0 Å². The Balaban J connectivity index is 1.93. The largest absolute Gasteiger partial charge is 0.325 e. The fourth-order valence-electron chi connectivity index (χ4n) is 1.99. The van der Waals surface area contributed by atoms with Crippen LogP contribution >= 0.6 is 15.9 Å². The van der Waals surface area contributed by atoms with Crippen LogP contribution in [0.2, 0.25) is 0 Å². The van der Waals surface area contributed by atoms with Gasteiger partial charge >= 0.3 is 0 Å². The number of anilines is 1. The van der Waals surface area contributed by atoms with Gasteiger partial charge in [-0.3, -0.25) is 4.79 Å². The zero-order valence-corrected chi connectivity index (χ0v) is 14.9. The highest BCUT2D eigenvalue weighted by Crippen LogP contribution is 2.21. The van der Waals surface area contributed by atoms with Crippen LogP contribution in [0.1, 0.15) is 12.0 Å². The van der Waals surface area contributed by atoms with Crippen molar-refractivity contribution in [2.75, 3.05) is 12.4 Å². The normalized spacial score (nSPS) is 11.2. The Morgan fingerprint density at radius 2 is 1.74 bits per heavy atom. The number of nitrogens with one attached hydrogen (secondary N) is 2. The lowest BCUT2D eigenvalue weighted by molar-refractivity contribution is -0.116. The van der Waals surface area contributed by atoms with E-state index < -0.39 is 10.0 Å². The average Bonchev–Trinajstić information content (AvgIpc) is 2.55. The van der Waals surface area contributed by atoms with Crippen LogP contribution in [0.25, 0.3) is 0 Å². The number of sulfonamides is 1. The minimum atomic E-state index is -3.43. The Morgan fingerprint density at radius 1 is 1.09 bits per heavy atom. The summed E-state index contributed by atoms with van der Waals surface area (Å²) in [6.07, 6.45) is 0.857. The van der Waals surface area contributed by atoms with Gasteiger partial charge in [0.1, 0.15) is 0 Å². The van der Waals surface area contributed by atoms with Crippen LogP contribution in [0.5, 0.6) is 0 Å². The molecule has 0 spiro atoms. The molecule has 0 saturated carbocycles. The SMILES string of the molecule is CNS(=O)(=O)c1ccc(CCC(=O)Nc2ccccc2Br)cc1. The highest BCUT2D eigenvalue weighted by Gasteiger charge is 2.11. The summed E-state index contributed by atoms with van der Waals surface area (Å²) in [6.45, 7) is 0. The lowest BCUT2D eigenvalue weighted by Crippen LogP contribution is -2.18. The van der Waals surface area contributed by atoms with E-state index in [4.69, 9.17) is 0 Å². The fourth-order valence-corrected chi connectivity index (χ4v) is 3.10. The molecule has 2 aromatic carbocycles. The van der Waals surface area contributed by atoms with Crippen molar-refractivity contribution >= 4 is 37.5 Å². The number of hydrogen-bond donors (Lipinski definition) is 2. The van der Waals surface area contributed by atoms with Gasteiger partial charge in [-0.2, -0.15) is 0 Å². The third-order valence-electron chi connectivity index (χ3n) is 3.29. The van der Waals surface area contributed by atoms with Crippen molar-refractivity contribution < 1.29 is 13.2 Å². The highest BCUT2D eigenvalue weighted by atomic mass is 79.9. The first-order valence-corrected chi connectivity index (χ1v) is 9.27. The van der Waals surface area contributed by atoms with Gasteiger partial charge in [0.25, 0.3) is 0 Å². The molecule has 2 N–H and O–H groups in total. The Labute approximate surface area is 144 Å². The van der Waals surface area contributed by atoms with Crippen molar-refractivity contribution in [3.05, 3.63) is 58.6 Å². The van der Waals surface area contributed by atoms with Crippen molar-refractivity contribution in [1.29, 1.82) is 0 Å². The fraction of sp³-hybridized carbons (Fsp3) is 0.188. The van der Waals surface area contributed by atoms with Crippen LogP contribution in [0.15, 0.2) is 57.9 Å². The van der Waals surface area contributed by atoms with Crippen molar-refractivity contribution in [1.82, 2.24) is 4.72 Å². The van der Waals surface area contributed by atoms with Crippen LogP contribution in [0, 0.1) is 0 Å². The Hall–Kier alpha value is -1.70. The monoisotopic (exact) mass is 396 g/mol. The van der Waals surface area contributed by atoms with E-state index in [1.807, 2.05) is 24.3 Å². The summed E-state index contributed by atoms with van der Waals surface area (Å²) in [6, 6.07) is 13.9. The molecule has 0 atom stereocenters. The molecule has 23 heavy (non-hydrogen) atoms. The van der Waals surface area contributed by atoms with Crippen LogP contribution in [-0.4, -0.2) is 21.4 Å². The summed E-state index contributed by atoms with van der Waals surface area (Å²) in [4.78, 5) is 12.2. The van der Waals surface area contributed by atoms with Crippen LogP contribution in [-0.2, 0) is 21.2 Å². The van der Waals surface area contributed by atoms with Gasteiger partial charge in [0.05, 0.1) is 10.6 Å². The zero-order chi connectivity index (χ0) is 16.9. The maximum Gasteiger partial charge on any atom is 0.240 e. The predicted octanol–water partition coefficient (Wildman–Crippen LogP) is 2.93. The summed E-state index contributed by atoms with van der Waals surface area (Å²) >= 11 is 3.38. The first-order chi connectivity index (χ1) is 10.9. The van der Waals surface area contributed by atoms with Gasteiger partial charge in [0.15, 0.2) is 0 Å². The molecule has 2 rings (SSSR count). The Morgan fingerprint density at radius 3 is 2.35 bits per heavy atom. The molecule has 0 aliphatic heterocycles. The first kappa shape index (κ1) is 17.7. The van der Waals surface area contributed by atoms with Crippen molar-refractivity contribution in [3.63, 3.8) is 0 Å². The molecule has 122 valence electrons. The molecule has 0 aliphatic carbocycles. The quantitative estimate of drug-likeness (QED) is 0.787. The zero-order valence-electron chi connectivity index (χ0n) is 12.5. The van der Waals surface area contributed by atoms with E-state index in [1.165, 1.54) is 19.2 Å². The molecule has 0 bridgehead atoms. The molecule has 0 unspecified atom stereocenters. The van der Waals surface area contributed by atoms with Gasteiger partial charge in [-0.05, 0) is 59.2 Å². The van der Waals surface area contributed by atoms with Crippen LogP contribution in [0.4, 0.5) is 5.69 Å². The standard InChI is InChI=1S/C16H17BrN2O3S/c1-18-23(21,22)13-9-6-12(7-10-13)8-11-16(20)19-15-5-3-2-4-14(15)17/h2-7,9-10,18H,8,11H2,1H3,(H,19,20). The molecule has 5 nitrogen and oxygen atoms in total. The molecule has 7 heteroatoms. The third kappa shape index (κ3) is 4.89. The molecular weight excluding hydrogens is 380 g/mol. The average molecular weight is 397 g/mol. The van der Waals surface area contributed by atoms with Gasteiger partial charge < -0.3 is 5.32 Å². The topological polar surface area (TPSA) is 75.3 Å². The molecule has 2 aromatic rings. The lowest BCUT2D eigenvalue weighted by atomic mass is 10.1. The van der Waals surface area contributed by atoms with Crippen molar-refractivity contribution in [2.24, 2.45) is 0 Å². The number of hydrogen-bond acceptors (Lipinski definition) is 3. The summed E-state index contributed by atoms with van der Waals surface area (Å²) in [5.74, 6) is -0.0937. The van der Waals surface area contributed by atoms with E-state index in [1.54, 1.807) is 12.1 Å². The summed E-state index contributed by atoms with van der Waals surface area (Å²) in [5, 5.41) is 2.83. The van der Waals surface area contributed by atoms with Gasteiger partial charge in [-0.25, -0.2) is 13.1 Å². The maximum atomic E-state index is 12.0. The Bertz CT molecular complexity index is 789. The maximum absolute atomic E-state index is 12.0. The number of aryl methyl sites for hydroxylation is 1. The smallest absolute Gasteiger partial charge is 0.240 e. The van der Waals surface area contributed by atoms with E-state index in [0.717, 1.165) is 15.7 Å². The predicted molar refractivity (Wildman–Crippen MR) is 93.8 cm³/mol. The number of para-hydroxylation sites is 1. The number of amides is 1. The summed E-state index contributed by atoms with van der Waals surface area (Å²) < 4.78 is 26.4. The molecule has 0 saturated heterocycles. The minimum Gasteiger partial charge on any atom is -0.325 e. The second-order valence-electron chi connectivity index (χ2n) is 4.88. The lowest BCUT2D eigenvalue weighted by Gasteiger charge is -2.08. The molecule has 0 radical (unpaired) electrons. The molecule has 0 aliphatic rings. The van der Waals surface area contributed by atoms with Gasteiger partial charge in [-0.15, -0.1) is 0 Å². The van der Waals surface area contributed by atoms with E-state index >= 15 is 0 Å². The molecule has 0 heterocycles. The number of benzene rings is 2. The summed E-state index contributed by atoms with van der Waals surface area (Å²) in [5.41, 5.74) is 1.63. The van der Waals surface area contributed by atoms with E-state index in [9.17, 15) is 13.2 Å². The number of halogens is 1.